The van der Waals surface area contributed by atoms with Gasteiger partial charge in [-0.05, 0) is 80.8 Å². The number of benzene rings is 1. The zero-order valence-corrected chi connectivity index (χ0v) is 13.0. The van der Waals surface area contributed by atoms with Gasteiger partial charge in [-0.1, -0.05) is 12.5 Å². The molecular formula is C17H22N2S. The van der Waals surface area contributed by atoms with Crippen molar-refractivity contribution in [1.82, 2.24) is 9.55 Å². The molecule has 4 rings (SSSR count). The van der Waals surface area contributed by atoms with E-state index in [-0.39, 0.29) is 0 Å². The number of nitrogens with one attached hydrogen (secondary N) is 1. The third-order valence-electron chi connectivity index (χ3n) is 5.69. The lowest BCUT2D eigenvalue weighted by Gasteiger charge is -2.29. The fourth-order valence-corrected chi connectivity index (χ4v) is 5.10. The minimum atomic E-state index is 0.522. The van der Waals surface area contributed by atoms with E-state index in [4.69, 9.17) is 12.2 Å². The van der Waals surface area contributed by atoms with E-state index in [1.807, 2.05) is 0 Å². The lowest BCUT2D eigenvalue weighted by atomic mass is 9.84. The van der Waals surface area contributed by atoms with Crippen LogP contribution in [0.1, 0.15) is 44.2 Å². The Morgan fingerprint density at radius 2 is 2.15 bits per heavy atom. The topological polar surface area (TPSA) is 20.7 Å². The van der Waals surface area contributed by atoms with E-state index in [2.05, 4.69) is 41.6 Å². The first kappa shape index (κ1) is 12.6. The first-order valence-corrected chi connectivity index (χ1v) is 8.25. The smallest absolute Gasteiger partial charge is 0.178 e. The second-order valence-electron chi connectivity index (χ2n) is 6.90. The van der Waals surface area contributed by atoms with Crippen LogP contribution in [0.3, 0.4) is 0 Å². The third kappa shape index (κ3) is 1.79. The van der Waals surface area contributed by atoms with Crippen molar-refractivity contribution in [2.45, 2.75) is 45.6 Å². The zero-order valence-electron chi connectivity index (χ0n) is 12.2. The summed E-state index contributed by atoms with van der Waals surface area (Å²) in [7, 11) is 0. The molecule has 0 aliphatic heterocycles. The number of aryl methyl sites for hydroxylation is 1. The van der Waals surface area contributed by atoms with Crippen LogP contribution >= 0.6 is 12.2 Å². The summed E-state index contributed by atoms with van der Waals surface area (Å²) in [6.45, 7) is 4.50. The average molecular weight is 286 g/mol. The van der Waals surface area contributed by atoms with Gasteiger partial charge >= 0.3 is 0 Å². The van der Waals surface area contributed by atoms with E-state index < -0.39 is 0 Å². The first-order chi connectivity index (χ1) is 9.63. The number of aromatic amines is 1. The molecule has 2 aromatic rings. The first-order valence-electron chi connectivity index (χ1n) is 7.84. The van der Waals surface area contributed by atoms with Gasteiger partial charge in [0.05, 0.1) is 11.0 Å². The Kier molecular flexibility index (Phi) is 2.81. The fraction of sp³-hybridized carbons (Fsp3) is 0.588. The number of fused-ring (bicyclic) bond motifs is 3. The highest BCUT2D eigenvalue weighted by atomic mass is 32.1. The number of aromatic nitrogens is 2. The van der Waals surface area contributed by atoms with Gasteiger partial charge in [-0.3, -0.25) is 0 Å². The number of H-pyrrole nitrogens is 1. The summed E-state index contributed by atoms with van der Waals surface area (Å²) in [6, 6.07) is 7.14. The fourth-order valence-electron chi connectivity index (χ4n) is 4.73. The van der Waals surface area contributed by atoms with Gasteiger partial charge < -0.3 is 9.55 Å². The van der Waals surface area contributed by atoms with Crippen LogP contribution in [0.5, 0.6) is 0 Å². The molecule has 2 saturated carbocycles. The summed E-state index contributed by atoms with van der Waals surface area (Å²) in [5, 5.41) is 0. The molecule has 1 aromatic carbocycles. The maximum atomic E-state index is 5.60. The molecule has 4 atom stereocenters. The van der Waals surface area contributed by atoms with Gasteiger partial charge in [0.15, 0.2) is 4.77 Å². The molecule has 2 aliphatic carbocycles. The minimum absolute atomic E-state index is 0.522. The van der Waals surface area contributed by atoms with E-state index in [1.54, 1.807) is 0 Å². The van der Waals surface area contributed by atoms with Gasteiger partial charge in [0.2, 0.25) is 0 Å². The standard InChI is InChI=1S/C17H22N2S/c1-10-3-6-16-15(7-10)18-17(20)19(16)11(2)14-9-12-4-5-13(14)8-12/h3,6-7,11-14H,4-5,8-9H2,1-2H3,(H,18,20). The Hall–Kier alpha value is -1.09. The predicted octanol–water partition coefficient (Wildman–Crippen LogP) is 5.00. The molecule has 0 spiro atoms. The largest absolute Gasteiger partial charge is 0.331 e. The van der Waals surface area contributed by atoms with Crippen molar-refractivity contribution in [3.63, 3.8) is 0 Å². The number of hydrogen-bond donors (Lipinski definition) is 1. The van der Waals surface area contributed by atoms with Crippen LogP contribution in [0, 0.1) is 29.4 Å². The summed E-state index contributed by atoms with van der Waals surface area (Å²) < 4.78 is 3.26. The van der Waals surface area contributed by atoms with Crippen LogP contribution < -0.4 is 0 Å². The molecule has 20 heavy (non-hydrogen) atoms. The lowest BCUT2D eigenvalue weighted by Crippen LogP contribution is -2.22. The van der Waals surface area contributed by atoms with Crippen molar-refractivity contribution in [3.8, 4) is 0 Å². The Bertz CT molecular complexity index is 711. The molecule has 2 bridgehead atoms. The SMILES string of the molecule is Cc1ccc2c(c1)[nH]c(=S)n2C(C)C1CC2CCC1C2. The predicted molar refractivity (Wildman–Crippen MR) is 85.5 cm³/mol. The maximum Gasteiger partial charge on any atom is 0.178 e. The molecule has 0 amide bonds. The van der Waals surface area contributed by atoms with E-state index >= 15 is 0 Å². The van der Waals surface area contributed by atoms with Crippen LogP contribution in [0.15, 0.2) is 18.2 Å². The monoisotopic (exact) mass is 286 g/mol. The molecule has 1 aromatic heterocycles. The van der Waals surface area contributed by atoms with E-state index in [0.717, 1.165) is 22.5 Å². The summed E-state index contributed by atoms with van der Waals surface area (Å²) in [4.78, 5) is 3.39. The molecular weight excluding hydrogens is 264 g/mol. The number of rotatable bonds is 2. The van der Waals surface area contributed by atoms with E-state index in [1.165, 1.54) is 42.3 Å². The second kappa shape index (κ2) is 4.45. The van der Waals surface area contributed by atoms with Gasteiger partial charge in [0, 0.05) is 6.04 Å². The van der Waals surface area contributed by atoms with Crippen LogP contribution in [0.25, 0.3) is 11.0 Å². The highest BCUT2D eigenvalue weighted by Crippen LogP contribution is 2.52. The van der Waals surface area contributed by atoms with Gasteiger partial charge in [0.1, 0.15) is 0 Å². The van der Waals surface area contributed by atoms with Crippen molar-refractivity contribution < 1.29 is 0 Å². The van der Waals surface area contributed by atoms with Crippen molar-refractivity contribution in [2.75, 3.05) is 0 Å². The lowest BCUT2D eigenvalue weighted by molar-refractivity contribution is 0.245. The van der Waals surface area contributed by atoms with E-state index in [9.17, 15) is 0 Å². The quantitative estimate of drug-likeness (QED) is 0.770. The van der Waals surface area contributed by atoms with Crippen LogP contribution in [-0.4, -0.2) is 9.55 Å². The van der Waals surface area contributed by atoms with Gasteiger partial charge in [-0.15, -0.1) is 0 Å². The van der Waals surface area contributed by atoms with Crippen LogP contribution in [-0.2, 0) is 0 Å². The van der Waals surface area contributed by atoms with Gasteiger partial charge in [0.25, 0.3) is 0 Å². The highest BCUT2D eigenvalue weighted by molar-refractivity contribution is 7.71. The number of imidazole rings is 1. The molecule has 2 fully saturated rings. The summed E-state index contributed by atoms with van der Waals surface area (Å²) in [5.74, 6) is 2.75. The molecule has 1 heterocycles. The molecule has 106 valence electrons. The number of nitrogens with zero attached hydrogens (tertiary/aromatic N) is 1. The molecule has 0 saturated heterocycles. The van der Waals surface area contributed by atoms with Crippen LogP contribution in [0.4, 0.5) is 0 Å². The van der Waals surface area contributed by atoms with Crippen molar-refractivity contribution in [3.05, 3.63) is 28.5 Å². The van der Waals surface area contributed by atoms with Crippen molar-refractivity contribution in [1.29, 1.82) is 0 Å². The van der Waals surface area contributed by atoms with Gasteiger partial charge in [-0.2, -0.15) is 0 Å². The third-order valence-corrected chi connectivity index (χ3v) is 5.99. The number of hydrogen-bond acceptors (Lipinski definition) is 1. The Labute approximate surface area is 125 Å². The molecule has 2 nitrogen and oxygen atoms in total. The molecule has 1 N–H and O–H groups in total. The summed E-state index contributed by atoms with van der Waals surface area (Å²) >= 11 is 5.60. The van der Waals surface area contributed by atoms with E-state index in [0.29, 0.717) is 6.04 Å². The minimum Gasteiger partial charge on any atom is -0.331 e. The summed E-state index contributed by atoms with van der Waals surface area (Å²) in [6.07, 6.45) is 5.77. The molecule has 0 radical (unpaired) electrons. The second-order valence-corrected chi connectivity index (χ2v) is 7.29. The Morgan fingerprint density at radius 3 is 2.85 bits per heavy atom. The Morgan fingerprint density at radius 1 is 1.30 bits per heavy atom. The normalized spacial score (nSPS) is 30.2. The average Bonchev–Trinajstić information content (AvgIpc) is 3.10. The van der Waals surface area contributed by atoms with Crippen LogP contribution in [0.2, 0.25) is 0 Å². The zero-order chi connectivity index (χ0) is 13.9. The maximum absolute atomic E-state index is 5.60. The Balaban J connectivity index is 1.78. The molecule has 2 aliphatic rings. The molecule has 4 unspecified atom stereocenters. The van der Waals surface area contributed by atoms with Crippen molar-refractivity contribution in [2.24, 2.45) is 17.8 Å². The summed E-state index contributed by atoms with van der Waals surface area (Å²) in [5.41, 5.74) is 3.74. The van der Waals surface area contributed by atoms with Gasteiger partial charge in [-0.25, -0.2) is 0 Å². The molecule has 3 heteroatoms. The van der Waals surface area contributed by atoms with Crippen molar-refractivity contribution >= 4 is 23.3 Å². The highest BCUT2D eigenvalue weighted by Gasteiger charge is 2.42.